The van der Waals surface area contributed by atoms with Crippen molar-refractivity contribution in [1.29, 1.82) is 0 Å². The molecule has 1 aliphatic heterocycles. The summed E-state index contributed by atoms with van der Waals surface area (Å²) < 4.78 is 0. The van der Waals surface area contributed by atoms with Crippen molar-refractivity contribution in [3.63, 3.8) is 0 Å². The lowest BCUT2D eigenvalue weighted by atomic mass is 10.1. The molecule has 3 nitrogen and oxygen atoms in total. The van der Waals surface area contributed by atoms with Gasteiger partial charge in [-0.2, -0.15) is 11.8 Å². The average Bonchev–Trinajstić information content (AvgIpc) is 2.95. The molecule has 2 rings (SSSR count). The quantitative estimate of drug-likeness (QED) is 0.835. The van der Waals surface area contributed by atoms with Gasteiger partial charge in [0.15, 0.2) is 0 Å². The van der Waals surface area contributed by atoms with Crippen molar-refractivity contribution < 1.29 is 9.90 Å². The van der Waals surface area contributed by atoms with Crippen LogP contribution in [-0.4, -0.2) is 35.7 Å². The number of rotatable bonds is 3. The molecule has 0 bridgehead atoms. The first kappa shape index (κ1) is 15.0. The van der Waals surface area contributed by atoms with Crippen molar-refractivity contribution in [2.45, 2.75) is 13.3 Å². The van der Waals surface area contributed by atoms with Crippen LogP contribution in [0.5, 0.6) is 0 Å². The molecule has 1 aromatic carbocycles. The summed E-state index contributed by atoms with van der Waals surface area (Å²) in [7, 11) is 0. The van der Waals surface area contributed by atoms with Gasteiger partial charge in [0.2, 0.25) is 0 Å². The second kappa shape index (κ2) is 7.37. The van der Waals surface area contributed by atoms with Gasteiger partial charge in [-0.1, -0.05) is 11.8 Å². The predicted molar refractivity (Wildman–Crippen MR) is 82.9 cm³/mol. The van der Waals surface area contributed by atoms with E-state index in [0.717, 1.165) is 23.4 Å². The number of aliphatic hydroxyl groups is 1. The Labute approximate surface area is 124 Å². The third-order valence-electron chi connectivity index (χ3n) is 3.23. The Kier molecular flexibility index (Phi) is 5.51. The molecule has 1 saturated heterocycles. The third kappa shape index (κ3) is 4.29. The van der Waals surface area contributed by atoms with Crippen molar-refractivity contribution >= 4 is 17.7 Å². The number of thioether (sulfide) groups is 1. The van der Waals surface area contributed by atoms with Crippen LogP contribution in [0.1, 0.15) is 27.9 Å². The number of amides is 1. The number of benzene rings is 1. The topological polar surface area (TPSA) is 49.3 Å². The maximum absolute atomic E-state index is 12.2. The number of carbonyl (C=O) groups is 1. The summed E-state index contributed by atoms with van der Waals surface area (Å²) in [6, 6.07) is 5.55. The molecule has 1 aliphatic rings. The molecule has 1 heterocycles. The fraction of sp³-hybridized carbons (Fsp3) is 0.438. The molecule has 2 N–H and O–H groups in total. The van der Waals surface area contributed by atoms with Crippen molar-refractivity contribution in [1.82, 2.24) is 5.32 Å². The van der Waals surface area contributed by atoms with E-state index >= 15 is 0 Å². The lowest BCUT2D eigenvalue weighted by Gasteiger charge is -2.10. The standard InChI is InChI=1S/C16H19NO2S/c1-12-7-13(3-2-5-18)9-15(8-12)16(19)17-10-14-4-6-20-11-14/h7-9,14,18H,4-6,10-11H2,1H3,(H,17,19). The highest BCUT2D eigenvalue weighted by molar-refractivity contribution is 7.99. The molecule has 0 spiro atoms. The van der Waals surface area contributed by atoms with Gasteiger partial charge in [0.1, 0.15) is 6.61 Å². The van der Waals surface area contributed by atoms with Gasteiger partial charge in [-0.3, -0.25) is 4.79 Å². The van der Waals surface area contributed by atoms with Crippen LogP contribution in [0.25, 0.3) is 0 Å². The lowest BCUT2D eigenvalue weighted by Crippen LogP contribution is -2.29. The minimum atomic E-state index is -0.172. The van der Waals surface area contributed by atoms with Crippen molar-refractivity contribution in [3.05, 3.63) is 34.9 Å². The fourth-order valence-corrected chi connectivity index (χ4v) is 3.50. The number of nitrogens with one attached hydrogen (secondary N) is 1. The molecule has 0 aromatic heterocycles. The predicted octanol–water partition coefficient (Wildman–Crippen LogP) is 1.82. The van der Waals surface area contributed by atoms with Crippen LogP contribution in [0, 0.1) is 24.7 Å². The van der Waals surface area contributed by atoms with Gasteiger partial charge in [0.05, 0.1) is 0 Å². The van der Waals surface area contributed by atoms with Crippen LogP contribution in [0.15, 0.2) is 18.2 Å². The summed E-state index contributed by atoms with van der Waals surface area (Å²) in [5.41, 5.74) is 2.40. The molecular weight excluding hydrogens is 270 g/mol. The molecule has 0 radical (unpaired) electrons. The lowest BCUT2D eigenvalue weighted by molar-refractivity contribution is 0.0948. The average molecular weight is 289 g/mol. The van der Waals surface area contributed by atoms with E-state index in [1.807, 2.05) is 30.8 Å². The number of aryl methyl sites for hydroxylation is 1. The SMILES string of the molecule is Cc1cc(C#CCO)cc(C(=O)NCC2CCSC2)c1. The van der Waals surface area contributed by atoms with E-state index in [-0.39, 0.29) is 12.5 Å². The number of carbonyl (C=O) groups excluding carboxylic acids is 1. The first-order valence-electron chi connectivity index (χ1n) is 6.76. The summed E-state index contributed by atoms with van der Waals surface area (Å²) in [5.74, 6) is 8.35. The van der Waals surface area contributed by atoms with Gasteiger partial charge < -0.3 is 10.4 Å². The van der Waals surface area contributed by atoms with Gasteiger partial charge in [-0.05, 0) is 54.5 Å². The van der Waals surface area contributed by atoms with E-state index in [4.69, 9.17) is 5.11 Å². The van der Waals surface area contributed by atoms with E-state index in [0.29, 0.717) is 11.5 Å². The highest BCUT2D eigenvalue weighted by atomic mass is 32.2. The molecule has 20 heavy (non-hydrogen) atoms. The zero-order valence-electron chi connectivity index (χ0n) is 11.6. The minimum absolute atomic E-state index is 0.0438. The summed E-state index contributed by atoms with van der Waals surface area (Å²) in [5, 5.41) is 11.7. The zero-order valence-corrected chi connectivity index (χ0v) is 12.4. The van der Waals surface area contributed by atoms with E-state index in [9.17, 15) is 4.79 Å². The molecule has 4 heteroatoms. The van der Waals surface area contributed by atoms with Crippen LogP contribution < -0.4 is 5.32 Å². The first-order chi connectivity index (χ1) is 9.69. The van der Waals surface area contributed by atoms with Crippen LogP contribution in [0.4, 0.5) is 0 Å². The maximum atomic E-state index is 12.2. The molecular formula is C16H19NO2S. The second-order valence-electron chi connectivity index (χ2n) is 4.99. The Morgan fingerprint density at radius 1 is 1.50 bits per heavy atom. The van der Waals surface area contributed by atoms with Crippen LogP contribution >= 0.6 is 11.8 Å². The maximum Gasteiger partial charge on any atom is 0.251 e. The van der Waals surface area contributed by atoms with E-state index in [2.05, 4.69) is 17.2 Å². The van der Waals surface area contributed by atoms with Gasteiger partial charge in [0.25, 0.3) is 5.91 Å². The van der Waals surface area contributed by atoms with E-state index < -0.39 is 0 Å². The monoisotopic (exact) mass is 289 g/mol. The molecule has 106 valence electrons. The first-order valence-corrected chi connectivity index (χ1v) is 7.92. The highest BCUT2D eigenvalue weighted by Crippen LogP contribution is 2.22. The van der Waals surface area contributed by atoms with Crippen LogP contribution in [0.2, 0.25) is 0 Å². The summed E-state index contributed by atoms with van der Waals surface area (Å²) in [6.07, 6.45) is 1.19. The summed E-state index contributed by atoms with van der Waals surface area (Å²) >= 11 is 1.95. The summed E-state index contributed by atoms with van der Waals surface area (Å²) in [6.45, 7) is 2.51. The van der Waals surface area contributed by atoms with Gasteiger partial charge >= 0.3 is 0 Å². The summed E-state index contributed by atoms with van der Waals surface area (Å²) in [4.78, 5) is 12.2. The Bertz CT molecular complexity index is 539. The van der Waals surface area contributed by atoms with Crippen LogP contribution in [0.3, 0.4) is 0 Å². The Morgan fingerprint density at radius 2 is 2.35 bits per heavy atom. The Hall–Kier alpha value is -1.44. The van der Waals surface area contributed by atoms with Crippen molar-refractivity contribution in [2.24, 2.45) is 5.92 Å². The van der Waals surface area contributed by atoms with Gasteiger partial charge in [-0.25, -0.2) is 0 Å². The van der Waals surface area contributed by atoms with Gasteiger partial charge in [0, 0.05) is 17.7 Å². The molecule has 1 atom stereocenters. The number of aliphatic hydroxyl groups excluding tert-OH is 1. The fourth-order valence-electron chi connectivity index (χ4n) is 2.21. The molecule has 1 aromatic rings. The highest BCUT2D eigenvalue weighted by Gasteiger charge is 2.16. The number of hydrogen-bond donors (Lipinski definition) is 2. The van der Waals surface area contributed by atoms with Crippen LogP contribution in [-0.2, 0) is 0 Å². The van der Waals surface area contributed by atoms with Crippen molar-refractivity contribution in [2.75, 3.05) is 24.7 Å². The molecule has 0 aliphatic carbocycles. The molecule has 1 fully saturated rings. The minimum Gasteiger partial charge on any atom is -0.384 e. The van der Waals surface area contributed by atoms with Gasteiger partial charge in [-0.15, -0.1) is 0 Å². The molecule has 0 saturated carbocycles. The number of hydrogen-bond acceptors (Lipinski definition) is 3. The van der Waals surface area contributed by atoms with E-state index in [1.165, 1.54) is 12.2 Å². The Morgan fingerprint density at radius 3 is 3.05 bits per heavy atom. The molecule has 1 amide bonds. The van der Waals surface area contributed by atoms with Crippen molar-refractivity contribution in [3.8, 4) is 11.8 Å². The third-order valence-corrected chi connectivity index (χ3v) is 4.46. The smallest absolute Gasteiger partial charge is 0.251 e. The van der Waals surface area contributed by atoms with E-state index in [1.54, 1.807) is 6.07 Å². The normalized spacial score (nSPS) is 17.4. The zero-order chi connectivity index (χ0) is 14.4. The largest absolute Gasteiger partial charge is 0.384 e. The molecule has 1 unspecified atom stereocenters. The second-order valence-corrected chi connectivity index (χ2v) is 6.14. The Balaban J connectivity index is 2.02.